The van der Waals surface area contributed by atoms with Crippen LogP contribution in [0.5, 0.6) is 0 Å². The first-order chi connectivity index (χ1) is 9.82. The number of benzene rings is 1. The van der Waals surface area contributed by atoms with Crippen molar-refractivity contribution in [3.63, 3.8) is 0 Å². The summed E-state index contributed by atoms with van der Waals surface area (Å²) in [5.41, 5.74) is 0.517. The van der Waals surface area contributed by atoms with E-state index in [4.69, 9.17) is 0 Å². The van der Waals surface area contributed by atoms with Crippen molar-refractivity contribution in [1.29, 1.82) is 0 Å². The molecule has 0 bridgehead atoms. The number of ketones is 1. The number of piperidine rings is 1. The van der Waals surface area contributed by atoms with Crippen LogP contribution in [-0.4, -0.2) is 31.1 Å². The Morgan fingerprint density at radius 3 is 2.76 bits per heavy atom. The van der Waals surface area contributed by atoms with Gasteiger partial charge in [0.05, 0.1) is 4.90 Å². The van der Waals surface area contributed by atoms with Crippen LogP contribution in [0.1, 0.15) is 38.2 Å². The van der Waals surface area contributed by atoms with Crippen molar-refractivity contribution in [3.8, 4) is 0 Å². The fourth-order valence-electron chi connectivity index (χ4n) is 2.80. The van der Waals surface area contributed by atoms with Gasteiger partial charge in [0.25, 0.3) is 0 Å². The zero-order valence-corrected chi connectivity index (χ0v) is 13.1. The Kier molecular flexibility index (Phi) is 4.78. The van der Waals surface area contributed by atoms with Crippen molar-refractivity contribution in [2.45, 2.75) is 50.5 Å². The third kappa shape index (κ3) is 3.49. The Bertz CT molecular complexity index is 642. The Morgan fingerprint density at radius 1 is 1.38 bits per heavy atom. The lowest BCUT2D eigenvalue weighted by Gasteiger charge is -2.34. The van der Waals surface area contributed by atoms with Crippen LogP contribution < -0.4 is 0 Å². The van der Waals surface area contributed by atoms with Crippen LogP contribution in [0, 0.1) is 12.7 Å². The largest absolute Gasteiger partial charge is 0.300 e. The fraction of sp³-hybridized carbons (Fsp3) is 0.533. The molecule has 1 unspecified atom stereocenters. The maximum atomic E-state index is 13.4. The van der Waals surface area contributed by atoms with E-state index >= 15 is 0 Å². The molecule has 0 aliphatic carbocycles. The summed E-state index contributed by atoms with van der Waals surface area (Å²) >= 11 is 0. The molecule has 6 heteroatoms. The van der Waals surface area contributed by atoms with E-state index in [9.17, 15) is 17.6 Å². The van der Waals surface area contributed by atoms with Gasteiger partial charge in [0, 0.05) is 19.0 Å². The number of carbonyl (C=O) groups is 1. The SMILES string of the molecule is CC(=O)CC1CCCCN1S(=O)(=O)c1cc(F)ccc1C. The number of Topliss-reactive ketones (excluding diaryl/α,β-unsaturated/α-hetero) is 1. The molecule has 1 aromatic rings. The van der Waals surface area contributed by atoms with Crippen molar-refractivity contribution in [3.05, 3.63) is 29.6 Å². The molecule has 1 heterocycles. The average molecular weight is 313 g/mol. The summed E-state index contributed by atoms with van der Waals surface area (Å²) in [6, 6.07) is 3.46. The van der Waals surface area contributed by atoms with E-state index in [-0.39, 0.29) is 23.1 Å². The number of nitrogens with zero attached hydrogens (tertiary/aromatic N) is 1. The highest BCUT2D eigenvalue weighted by molar-refractivity contribution is 7.89. The minimum absolute atomic E-state index is 0.00190. The van der Waals surface area contributed by atoms with Gasteiger partial charge in [0.15, 0.2) is 0 Å². The molecule has 1 aliphatic heterocycles. The topological polar surface area (TPSA) is 54.5 Å². The van der Waals surface area contributed by atoms with Crippen molar-refractivity contribution in [2.24, 2.45) is 0 Å². The number of rotatable bonds is 4. The van der Waals surface area contributed by atoms with E-state index in [0.29, 0.717) is 18.5 Å². The van der Waals surface area contributed by atoms with Gasteiger partial charge in [-0.15, -0.1) is 0 Å². The van der Waals surface area contributed by atoms with Gasteiger partial charge in [0.1, 0.15) is 11.6 Å². The molecule has 0 saturated carbocycles. The minimum Gasteiger partial charge on any atom is -0.300 e. The molecular formula is C15H20FNO3S. The average Bonchev–Trinajstić information content (AvgIpc) is 2.41. The first kappa shape index (κ1) is 16.1. The Labute approximate surface area is 125 Å². The quantitative estimate of drug-likeness (QED) is 0.858. The van der Waals surface area contributed by atoms with Crippen LogP contribution in [0.3, 0.4) is 0 Å². The van der Waals surface area contributed by atoms with Gasteiger partial charge in [-0.25, -0.2) is 12.8 Å². The number of hydrogen-bond acceptors (Lipinski definition) is 3. The minimum atomic E-state index is -3.77. The first-order valence-electron chi connectivity index (χ1n) is 7.10. The second-order valence-corrected chi connectivity index (χ2v) is 7.44. The third-order valence-corrected chi connectivity index (χ3v) is 5.93. The Morgan fingerprint density at radius 2 is 2.10 bits per heavy atom. The Balaban J connectivity index is 2.40. The summed E-state index contributed by atoms with van der Waals surface area (Å²) in [5, 5.41) is 0. The summed E-state index contributed by atoms with van der Waals surface area (Å²) in [4.78, 5) is 11.4. The summed E-state index contributed by atoms with van der Waals surface area (Å²) in [5.74, 6) is -0.600. The zero-order valence-electron chi connectivity index (χ0n) is 12.3. The highest BCUT2D eigenvalue weighted by atomic mass is 32.2. The van der Waals surface area contributed by atoms with E-state index in [1.165, 1.54) is 23.4 Å². The lowest BCUT2D eigenvalue weighted by molar-refractivity contribution is -0.118. The molecule has 1 fully saturated rings. The van der Waals surface area contributed by atoms with Crippen LogP contribution in [0.15, 0.2) is 23.1 Å². The molecule has 1 aliphatic rings. The van der Waals surface area contributed by atoms with Crippen LogP contribution in [0.25, 0.3) is 0 Å². The molecule has 0 aromatic heterocycles. The second-order valence-electron chi connectivity index (χ2n) is 5.58. The summed E-state index contributed by atoms with van der Waals surface area (Å²) in [7, 11) is -3.77. The molecule has 21 heavy (non-hydrogen) atoms. The highest BCUT2D eigenvalue weighted by Crippen LogP contribution is 2.29. The fourth-order valence-corrected chi connectivity index (χ4v) is 4.74. The number of halogens is 1. The summed E-state index contributed by atoms with van der Waals surface area (Å²) < 4.78 is 40.4. The standard InChI is InChI=1S/C15H20FNO3S/c1-11-6-7-13(16)10-15(11)21(19,20)17-8-4-3-5-14(17)9-12(2)18/h6-7,10,14H,3-5,8-9H2,1-2H3. The lowest BCUT2D eigenvalue weighted by Crippen LogP contribution is -2.44. The lowest BCUT2D eigenvalue weighted by atomic mass is 10.0. The van der Waals surface area contributed by atoms with Crippen molar-refractivity contribution in [2.75, 3.05) is 6.54 Å². The number of sulfonamides is 1. The molecule has 1 atom stereocenters. The molecular weight excluding hydrogens is 293 g/mol. The van der Waals surface area contributed by atoms with Crippen LogP contribution >= 0.6 is 0 Å². The van der Waals surface area contributed by atoms with Gasteiger partial charge < -0.3 is 0 Å². The molecule has 0 amide bonds. The number of hydrogen-bond donors (Lipinski definition) is 0. The van der Waals surface area contributed by atoms with Gasteiger partial charge in [-0.05, 0) is 44.4 Å². The molecule has 1 aromatic carbocycles. The zero-order chi connectivity index (χ0) is 15.6. The second kappa shape index (κ2) is 6.23. The van der Waals surface area contributed by atoms with E-state index in [2.05, 4.69) is 0 Å². The van der Waals surface area contributed by atoms with E-state index in [1.54, 1.807) is 6.92 Å². The van der Waals surface area contributed by atoms with Crippen LogP contribution in [-0.2, 0) is 14.8 Å². The van der Waals surface area contributed by atoms with Gasteiger partial charge in [-0.3, -0.25) is 4.79 Å². The van der Waals surface area contributed by atoms with Gasteiger partial charge in [0.2, 0.25) is 10.0 Å². The molecule has 0 N–H and O–H groups in total. The number of carbonyl (C=O) groups excluding carboxylic acids is 1. The van der Waals surface area contributed by atoms with Crippen LogP contribution in [0.4, 0.5) is 4.39 Å². The predicted molar refractivity (Wildman–Crippen MR) is 78.0 cm³/mol. The molecule has 116 valence electrons. The maximum absolute atomic E-state index is 13.4. The monoisotopic (exact) mass is 313 g/mol. The van der Waals surface area contributed by atoms with Gasteiger partial charge >= 0.3 is 0 Å². The molecule has 0 radical (unpaired) electrons. The molecule has 0 spiro atoms. The van der Waals surface area contributed by atoms with E-state index in [0.717, 1.165) is 18.9 Å². The molecule has 4 nitrogen and oxygen atoms in total. The molecule has 1 saturated heterocycles. The highest BCUT2D eigenvalue weighted by Gasteiger charge is 2.34. The van der Waals surface area contributed by atoms with Gasteiger partial charge in [-0.2, -0.15) is 4.31 Å². The van der Waals surface area contributed by atoms with Crippen molar-refractivity contribution in [1.82, 2.24) is 4.31 Å². The summed E-state index contributed by atoms with van der Waals surface area (Å²) in [6.45, 7) is 3.50. The van der Waals surface area contributed by atoms with Crippen molar-refractivity contribution >= 4 is 15.8 Å². The van der Waals surface area contributed by atoms with E-state index in [1.807, 2.05) is 0 Å². The third-order valence-electron chi connectivity index (χ3n) is 3.83. The Hall–Kier alpha value is -1.27. The van der Waals surface area contributed by atoms with E-state index < -0.39 is 15.8 Å². The molecule has 2 rings (SSSR count). The summed E-state index contributed by atoms with van der Waals surface area (Å²) in [6.07, 6.45) is 2.56. The van der Waals surface area contributed by atoms with Crippen LogP contribution in [0.2, 0.25) is 0 Å². The number of aryl methyl sites for hydroxylation is 1. The smallest absolute Gasteiger partial charge is 0.243 e. The van der Waals surface area contributed by atoms with Crippen molar-refractivity contribution < 1.29 is 17.6 Å². The van der Waals surface area contributed by atoms with Gasteiger partial charge in [-0.1, -0.05) is 12.5 Å². The normalized spacial score (nSPS) is 20.4. The maximum Gasteiger partial charge on any atom is 0.243 e. The predicted octanol–water partition coefficient (Wildman–Crippen LogP) is 2.66. The first-order valence-corrected chi connectivity index (χ1v) is 8.54.